The molecule has 1 fully saturated rings. The third-order valence-electron chi connectivity index (χ3n) is 2.24. The van der Waals surface area contributed by atoms with E-state index >= 15 is 0 Å². The van der Waals surface area contributed by atoms with Crippen LogP contribution in [-0.4, -0.2) is 36.8 Å². The van der Waals surface area contributed by atoms with Crippen molar-refractivity contribution in [2.45, 2.75) is 25.2 Å². The van der Waals surface area contributed by atoms with Crippen LogP contribution in [0.25, 0.3) is 0 Å². The van der Waals surface area contributed by atoms with Gasteiger partial charge in [-0.25, -0.2) is 4.84 Å². The molecule has 0 saturated carbocycles. The summed E-state index contributed by atoms with van der Waals surface area (Å²) in [4.78, 5) is 9.49. The van der Waals surface area contributed by atoms with Gasteiger partial charge in [0, 0.05) is 25.2 Å². The van der Waals surface area contributed by atoms with E-state index in [4.69, 9.17) is 15.3 Å². The summed E-state index contributed by atoms with van der Waals surface area (Å²) in [5, 5.41) is 1.68. The number of ether oxygens (including phenoxy) is 1. The van der Waals surface area contributed by atoms with E-state index in [1.54, 1.807) is 23.7 Å². The number of hydrogen-bond donors (Lipinski definition) is 1. The maximum Gasteiger partial charge on any atom is 0.198 e. The Bertz CT molecular complexity index is 242. The number of hydrogen-bond acceptors (Lipinski definition) is 5. The monoisotopic (exact) mass is 197 g/mol. The van der Waals surface area contributed by atoms with Gasteiger partial charge in [-0.15, -0.1) is 0 Å². The Balaban J connectivity index is 1.83. The second kappa shape index (κ2) is 4.54. The molecule has 14 heavy (non-hydrogen) atoms. The van der Waals surface area contributed by atoms with E-state index in [9.17, 15) is 0 Å². The number of nitrogens with two attached hydrogens (primary N) is 1. The molecule has 2 atom stereocenters. The van der Waals surface area contributed by atoms with Crippen LogP contribution in [0.4, 0.5) is 0 Å². The van der Waals surface area contributed by atoms with Gasteiger partial charge in [0.1, 0.15) is 0 Å². The van der Waals surface area contributed by atoms with Gasteiger partial charge in [0.05, 0.1) is 12.6 Å². The summed E-state index contributed by atoms with van der Waals surface area (Å²) in [7, 11) is 0. The minimum absolute atomic E-state index is 0.0315. The Labute approximate surface area is 83.1 Å². The highest BCUT2D eigenvalue weighted by molar-refractivity contribution is 5.61. The first-order valence-corrected chi connectivity index (χ1v) is 4.85. The zero-order valence-corrected chi connectivity index (χ0v) is 8.00. The van der Waals surface area contributed by atoms with Crippen molar-refractivity contribution in [2.24, 2.45) is 10.7 Å². The van der Waals surface area contributed by atoms with Crippen molar-refractivity contribution in [1.82, 2.24) is 5.06 Å². The Morgan fingerprint density at radius 1 is 1.57 bits per heavy atom. The molecule has 0 aromatic carbocycles. The molecule has 2 aliphatic heterocycles. The molecule has 2 unspecified atom stereocenters. The molecule has 2 aliphatic rings. The van der Waals surface area contributed by atoms with E-state index < -0.39 is 0 Å². The first-order chi connectivity index (χ1) is 6.86. The van der Waals surface area contributed by atoms with Crippen molar-refractivity contribution in [1.29, 1.82) is 0 Å². The second-order valence-electron chi connectivity index (χ2n) is 3.38. The van der Waals surface area contributed by atoms with Gasteiger partial charge >= 0.3 is 0 Å². The number of rotatable bonds is 2. The fraction of sp³-hybridized carbons (Fsp3) is 0.667. The molecule has 2 rings (SSSR count). The Hall–Kier alpha value is -0.910. The maximum atomic E-state index is 5.86. The molecule has 0 spiro atoms. The summed E-state index contributed by atoms with van der Waals surface area (Å²) in [5.74, 6) is 0. The largest absolute Gasteiger partial charge is 0.349 e. The average Bonchev–Trinajstić information content (AvgIpc) is 2.23. The van der Waals surface area contributed by atoms with Gasteiger partial charge in [-0.1, -0.05) is 0 Å². The lowest BCUT2D eigenvalue weighted by Gasteiger charge is -2.32. The van der Waals surface area contributed by atoms with Gasteiger partial charge in [-0.2, -0.15) is 0 Å². The first-order valence-electron chi connectivity index (χ1n) is 4.85. The molecule has 0 radical (unpaired) electrons. The van der Waals surface area contributed by atoms with E-state index in [1.807, 2.05) is 0 Å². The zero-order valence-electron chi connectivity index (χ0n) is 8.00. The van der Waals surface area contributed by atoms with Crippen LogP contribution in [-0.2, 0) is 9.57 Å². The van der Waals surface area contributed by atoms with Crippen LogP contribution in [0, 0.1) is 0 Å². The number of nitrogens with zero attached hydrogens (tertiary/aromatic N) is 2. The van der Waals surface area contributed by atoms with Crippen LogP contribution in [0.3, 0.4) is 0 Å². The SMILES string of the molecule is NC1CCCOC1ON1C=CN=CC1. The molecule has 1 saturated heterocycles. The summed E-state index contributed by atoms with van der Waals surface area (Å²) < 4.78 is 5.43. The lowest BCUT2D eigenvalue weighted by molar-refractivity contribution is -0.272. The summed E-state index contributed by atoms with van der Waals surface area (Å²) in [6, 6.07) is -0.0315. The van der Waals surface area contributed by atoms with Crippen molar-refractivity contribution in [3.05, 3.63) is 12.4 Å². The van der Waals surface area contributed by atoms with Crippen molar-refractivity contribution in [2.75, 3.05) is 13.2 Å². The third-order valence-corrected chi connectivity index (χ3v) is 2.24. The minimum Gasteiger partial charge on any atom is -0.349 e. The summed E-state index contributed by atoms with van der Waals surface area (Å²) in [5.41, 5.74) is 5.86. The predicted molar refractivity (Wildman–Crippen MR) is 52.4 cm³/mol. The van der Waals surface area contributed by atoms with E-state index in [0.717, 1.165) is 19.4 Å². The van der Waals surface area contributed by atoms with Crippen LogP contribution in [0.5, 0.6) is 0 Å². The number of hydroxylamine groups is 2. The van der Waals surface area contributed by atoms with Gasteiger partial charge in [0.15, 0.2) is 6.29 Å². The Kier molecular flexibility index (Phi) is 3.13. The van der Waals surface area contributed by atoms with Crippen LogP contribution < -0.4 is 5.73 Å². The van der Waals surface area contributed by atoms with Crippen LogP contribution in [0.1, 0.15) is 12.8 Å². The molecule has 0 bridgehead atoms. The molecule has 0 aliphatic carbocycles. The number of aliphatic imine (C=N–C) groups is 1. The normalized spacial score (nSPS) is 32.2. The van der Waals surface area contributed by atoms with Gasteiger partial charge in [0.25, 0.3) is 0 Å². The molecule has 2 heterocycles. The molecular weight excluding hydrogens is 182 g/mol. The molecule has 78 valence electrons. The predicted octanol–water partition coefficient (Wildman–Crippen LogP) is 0.239. The van der Waals surface area contributed by atoms with Crippen LogP contribution in [0.15, 0.2) is 17.4 Å². The first kappa shape index (κ1) is 9.64. The molecule has 5 nitrogen and oxygen atoms in total. The molecule has 0 aromatic rings. The fourth-order valence-corrected chi connectivity index (χ4v) is 1.46. The van der Waals surface area contributed by atoms with Gasteiger partial charge < -0.3 is 10.5 Å². The van der Waals surface area contributed by atoms with Gasteiger partial charge in [-0.05, 0) is 12.8 Å². The lowest BCUT2D eigenvalue weighted by Crippen LogP contribution is -2.45. The smallest absolute Gasteiger partial charge is 0.198 e. The highest BCUT2D eigenvalue weighted by Gasteiger charge is 2.25. The highest BCUT2D eigenvalue weighted by Crippen LogP contribution is 2.14. The standard InChI is InChI=1S/C9H15N3O2/c10-8-2-1-7-13-9(8)14-12-5-3-11-4-6-12/h3-5,8-9H,1-2,6-7,10H2. The van der Waals surface area contributed by atoms with E-state index in [2.05, 4.69) is 4.99 Å². The molecule has 2 N–H and O–H groups in total. The Morgan fingerprint density at radius 2 is 2.50 bits per heavy atom. The second-order valence-corrected chi connectivity index (χ2v) is 3.38. The molecule has 0 amide bonds. The average molecular weight is 197 g/mol. The molecule has 5 heteroatoms. The maximum absolute atomic E-state index is 5.86. The summed E-state index contributed by atoms with van der Waals surface area (Å²) in [6.45, 7) is 1.37. The van der Waals surface area contributed by atoms with Crippen LogP contribution >= 0.6 is 0 Å². The van der Waals surface area contributed by atoms with E-state index in [0.29, 0.717) is 6.54 Å². The topological polar surface area (TPSA) is 60.1 Å². The van der Waals surface area contributed by atoms with E-state index in [1.165, 1.54) is 0 Å². The van der Waals surface area contributed by atoms with E-state index in [-0.39, 0.29) is 12.3 Å². The molecule has 0 aromatic heterocycles. The molecular formula is C9H15N3O2. The fourth-order valence-electron chi connectivity index (χ4n) is 1.46. The van der Waals surface area contributed by atoms with Crippen molar-refractivity contribution < 1.29 is 9.57 Å². The quantitative estimate of drug-likeness (QED) is 0.689. The van der Waals surface area contributed by atoms with Gasteiger partial charge in [0.2, 0.25) is 0 Å². The third kappa shape index (κ3) is 2.31. The van der Waals surface area contributed by atoms with Crippen molar-refractivity contribution in [3.63, 3.8) is 0 Å². The van der Waals surface area contributed by atoms with Crippen molar-refractivity contribution in [3.8, 4) is 0 Å². The van der Waals surface area contributed by atoms with Crippen LogP contribution in [0.2, 0.25) is 0 Å². The minimum atomic E-state index is -0.320. The Morgan fingerprint density at radius 3 is 3.21 bits per heavy atom. The summed E-state index contributed by atoms with van der Waals surface area (Å²) in [6.07, 6.45) is 6.87. The van der Waals surface area contributed by atoms with Crippen molar-refractivity contribution >= 4 is 6.21 Å². The highest BCUT2D eigenvalue weighted by atomic mass is 16.8. The zero-order chi connectivity index (χ0) is 9.80. The summed E-state index contributed by atoms with van der Waals surface area (Å²) >= 11 is 0. The van der Waals surface area contributed by atoms with Gasteiger partial charge in [-0.3, -0.25) is 10.1 Å². The lowest BCUT2D eigenvalue weighted by atomic mass is 10.1.